The van der Waals surface area contributed by atoms with Crippen LogP contribution in [0.3, 0.4) is 0 Å². The first-order valence-corrected chi connectivity index (χ1v) is 9.63. The van der Waals surface area contributed by atoms with Gasteiger partial charge >= 0.3 is 0 Å². The Kier molecular flexibility index (Phi) is 4.61. The molecule has 0 bridgehead atoms. The van der Waals surface area contributed by atoms with Crippen molar-refractivity contribution in [3.05, 3.63) is 60.0 Å². The fraction of sp³-hybridized carbons (Fsp3) is 0.429. The average molecular weight is 383 g/mol. The van der Waals surface area contributed by atoms with E-state index in [1.807, 2.05) is 50.2 Å². The standard InChI is InChI=1S/C21H26N4O3/c1-4-17-14(2)20(3,27-12-15-8-6-5-7-9-15)21(26,28-17)18-11-10-16-19(22)23-13-24-25(16)18/h5-11,13-14,17,26H,4,12H2,1-3H3,(H2,22,23,24)/p+1/t14-,17-,20-,21?/m1/s1. The van der Waals surface area contributed by atoms with Gasteiger partial charge in [-0.15, -0.1) is 0 Å². The number of nitrogens with one attached hydrogen (secondary N) is 1. The maximum Gasteiger partial charge on any atom is 0.248 e. The third kappa shape index (κ3) is 2.70. The molecule has 148 valence electrons. The molecule has 1 unspecified atom stereocenters. The van der Waals surface area contributed by atoms with Gasteiger partial charge in [-0.25, -0.2) is 4.98 Å². The number of aromatic nitrogens is 3. The summed E-state index contributed by atoms with van der Waals surface area (Å²) in [6.07, 6.45) is 2.11. The van der Waals surface area contributed by atoms with E-state index in [1.165, 1.54) is 6.33 Å². The summed E-state index contributed by atoms with van der Waals surface area (Å²) in [4.78, 5) is 2.88. The molecule has 4 N–H and O–H groups in total. The first-order valence-electron chi connectivity index (χ1n) is 9.63. The highest BCUT2D eigenvalue weighted by molar-refractivity contribution is 5.63. The number of hydrogen-bond donors (Lipinski definition) is 2. The summed E-state index contributed by atoms with van der Waals surface area (Å²) in [5.41, 5.74) is 7.26. The largest absolute Gasteiger partial charge is 0.364 e. The molecule has 4 atom stereocenters. The lowest BCUT2D eigenvalue weighted by atomic mass is 9.81. The summed E-state index contributed by atoms with van der Waals surface area (Å²) in [5, 5.41) is 16.2. The lowest BCUT2D eigenvalue weighted by Crippen LogP contribution is -2.52. The first kappa shape index (κ1) is 18.9. The number of aliphatic hydroxyl groups is 1. The molecule has 0 amide bonds. The highest BCUT2D eigenvalue weighted by Gasteiger charge is 2.64. The number of nitrogen functional groups attached to an aromatic ring is 1. The van der Waals surface area contributed by atoms with Crippen LogP contribution >= 0.6 is 0 Å². The van der Waals surface area contributed by atoms with Crippen molar-refractivity contribution in [3.8, 4) is 0 Å². The van der Waals surface area contributed by atoms with E-state index in [2.05, 4.69) is 17.0 Å². The van der Waals surface area contributed by atoms with Crippen LogP contribution in [0.2, 0.25) is 0 Å². The Bertz CT molecular complexity index is 976. The number of H-pyrrole nitrogens is 1. The third-order valence-electron chi connectivity index (χ3n) is 6.08. The Hall–Kier alpha value is -2.48. The topological polar surface area (TPSA) is 96.2 Å². The van der Waals surface area contributed by atoms with Crippen molar-refractivity contribution in [2.24, 2.45) is 5.92 Å². The van der Waals surface area contributed by atoms with Gasteiger partial charge in [0.15, 0.2) is 5.52 Å². The van der Waals surface area contributed by atoms with Crippen molar-refractivity contribution >= 4 is 11.3 Å². The minimum absolute atomic E-state index is 0.0376. The van der Waals surface area contributed by atoms with Crippen LogP contribution < -0.4 is 10.7 Å². The van der Waals surface area contributed by atoms with Crippen molar-refractivity contribution in [2.75, 3.05) is 5.73 Å². The second kappa shape index (κ2) is 6.84. The molecule has 0 aliphatic carbocycles. The number of fused-ring (bicyclic) bond motifs is 1. The number of hydrogen-bond acceptors (Lipinski definition) is 5. The Labute approximate surface area is 164 Å². The lowest BCUT2D eigenvalue weighted by molar-refractivity contribution is -0.365. The monoisotopic (exact) mass is 383 g/mol. The van der Waals surface area contributed by atoms with Crippen LogP contribution in [0.25, 0.3) is 5.52 Å². The van der Waals surface area contributed by atoms with Gasteiger partial charge in [-0.1, -0.05) is 44.2 Å². The number of anilines is 1. The molecular weight excluding hydrogens is 356 g/mol. The maximum absolute atomic E-state index is 11.9. The quantitative estimate of drug-likeness (QED) is 0.705. The summed E-state index contributed by atoms with van der Waals surface area (Å²) >= 11 is 0. The number of aromatic amines is 1. The molecule has 1 fully saturated rings. The van der Waals surface area contributed by atoms with E-state index in [1.54, 1.807) is 10.6 Å². The molecule has 3 aromatic rings. The van der Waals surface area contributed by atoms with E-state index < -0.39 is 11.4 Å². The average Bonchev–Trinajstić information content (AvgIpc) is 3.23. The van der Waals surface area contributed by atoms with E-state index in [9.17, 15) is 5.11 Å². The van der Waals surface area contributed by atoms with E-state index in [0.29, 0.717) is 23.6 Å². The van der Waals surface area contributed by atoms with Crippen LogP contribution in [0.15, 0.2) is 48.8 Å². The van der Waals surface area contributed by atoms with Gasteiger partial charge in [0.25, 0.3) is 0 Å². The van der Waals surface area contributed by atoms with E-state index in [4.69, 9.17) is 15.2 Å². The van der Waals surface area contributed by atoms with Gasteiger partial charge in [0, 0.05) is 5.92 Å². The smallest absolute Gasteiger partial charge is 0.248 e. The summed E-state index contributed by atoms with van der Waals surface area (Å²) < 4.78 is 14.2. The molecule has 1 saturated heterocycles. The second-order valence-corrected chi connectivity index (χ2v) is 7.60. The zero-order valence-corrected chi connectivity index (χ0v) is 16.4. The van der Waals surface area contributed by atoms with Gasteiger partial charge in [0.05, 0.1) is 12.7 Å². The Morgan fingerprint density at radius 1 is 1.29 bits per heavy atom. The van der Waals surface area contributed by atoms with Gasteiger partial charge < -0.3 is 20.3 Å². The zero-order valence-electron chi connectivity index (χ0n) is 16.4. The molecule has 7 nitrogen and oxygen atoms in total. The van der Waals surface area contributed by atoms with Gasteiger partial charge in [0.2, 0.25) is 17.9 Å². The molecular formula is C21H27N4O3+. The fourth-order valence-electron chi connectivity index (χ4n) is 4.13. The zero-order chi connectivity index (χ0) is 19.9. The highest BCUT2D eigenvalue weighted by atomic mass is 16.7. The SMILES string of the molecule is CC[C@H]1OC(O)(c2ccc3c(N)[nH+]cnn23)[C@](C)(OCc2ccccc2)[C@@H]1C. The van der Waals surface area contributed by atoms with Crippen LogP contribution in [0.1, 0.15) is 38.4 Å². The fourth-order valence-corrected chi connectivity index (χ4v) is 4.13. The number of benzene rings is 1. The molecule has 7 heteroatoms. The lowest BCUT2D eigenvalue weighted by Gasteiger charge is -2.39. The second-order valence-electron chi connectivity index (χ2n) is 7.60. The molecule has 1 aliphatic heterocycles. The summed E-state index contributed by atoms with van der Waals surface area (Å²) in [6, 6.07) is 13.5. The van der Waals surface area contributed by atoms with Crippen molar-refractivity contribution in [1.82, 2.24) is 9.61 Å². The minimum atomic E-state index is -1.67. The van der Waals surface area contributed by atoms with Crippen molar-refractivity contribution < 1.29 is 19.6 Å². The third-order valence-corrected chi connectivity index (χ3v) is 6.08. The van der Waals surface area contributed by atoms with Gasteiger partial charge in [0.1, 0.15) is 11.3 Å². The van der Waals surface area contributed by atoms with Crippen LogP contribution in [0, 0.1) is 5.92 Å². The molecule has 28 heavy (non-hydrogen) atoms. The molecule has 1 aromatic carbocycles. The van der Waals surface area contributed by atoms with E-state index in [0.717, 1.165) is 12.0 Å². The molecule has 0 saturated carbocycles. The van der Waals surface area contributed by atoms with Gasteiger partial charge in [-0.2, -0.15) is 4.52 Å². The minimum Gasteiger partial charge on any atom is -0.364 e. The first-order chi connectivity index (χ1) is 13.4. The molecule has 0 spiro atoms. The number of nitrogens with two attached hydrogens (primary N) is 1. The molecule has 4 rings (SSSR count). The van der Waals surface area contributed by atoms with Crippen LogP contribution in [0.5, 0.6) is 0 Å². The predicted molar refractivity (Wildman–Crippen MR) is 104 cm³/mol. The van der Waals surface area contributed by atoms with Crippen LogP contribution in [-0.4, -0.2) is 26.4 Å². The van der Waals surface area contributed by atoms with Crippen molar-refractivity contribution in [1.29, 1.82) is 0 Å². The normalized spacial score (nSPS) is 30.1. The van der Waals surface area contributed by atoms with Crippen molar-refractivity contribution in [2.45, 2.75) is 51.3 Å². The molecule has 2 aromatic heterocycles. The summed E-state index contributed by atoms with van der Waals surface area (Å²) in [6.45, 7) is 6.39. The predicted octanol–water partition coefficient (Wildman–Crippen LogP) is 2.30. The number of nitrogens with zero attached hydrogens (tertiary/aromatic N) is 2. The number of rotatable bonds is 5. The van der Waals surface area contributed by atoms with Gasteiger partial charge in [-0.3, -0.25) is 0 Å². The molecule has 0 radical (unpaired) electrons. The highest BCUT2D eigenvalue weighted by Crippen LogP contribution is 2.51. The Morgan fingerprint density at radius 2 is 2.04 bits per heavy atom. The van der Waals surface area contributed by atoms with Crippen LogP contribution in [-0.2, 0) is 21.9 Å². The molecule has 3 heterocycles. The van der Waals surface area contributed by atoms with E-state index in [-0.39, 0.29) is 12.0 Å². The Balaban J connectivity index is 1.78. The maximum atomic E-state index is 11.9. The van der Waals surface area contributed by atoms with Crippen molar-refractivity contribution in [3.63, 3.8) is 0 Å². The Morgan fingerprint density at radius 3 is 2.75 bits per heavy atom. The number of ether oxygens (including phenoxy) is 2. The summed E-state index contributed by atoms with van der Waals surface area (Å²) in [5.74, 6) is -1.24. The van der Waals surface area contributed by atoms with Crippen LogP contribution in [0.4, 0.5) is 5.82 Å². The molecule has 1 aliphatic rings. The van der Waals surface area contributed by atoms with E-state index >= 15 is 0 Å². The van der Waals surface area contributed by atoms with Gasteiger partial charge in [-0.05, 0) is 36.1 Å². The summed E-state index contributed by atoms with van der Waals surface area (Å²) in [7, 11) is 0.